The van der Waals surface area contributed by atoms with Gasteiger partial charge in [-0.2, -0.15) is 0 Å². The van der Waals surface area contributed by atoms with Gasteiger partial charge >= 0.3 is 0 Å². The molecular weight excluding hydrogens is 705 g/mol. The third-order valence-electron chi connectivity index (χ3n) is 12.4. The highest BCUT2D eigenvalue weighted by molar-refractivity contribution is 6.28. The third kappa shape index (κ3) is 4.43. The summed E-state index contributed by atoms with van der Waals surface area (Å²) in [6.45, 7) is 0. The second kappa shape index (κ2) is 11.9. The fourth-order valence-corrected chi connectivity index (χ4v) is 9.93. The zero-order valence-electron chi connectivity index (χ0n) is 31.3. The number of hydrogen-bond acceptors (Lipinski definition) is 2. The van der Waals surface area contributed by atoms with E-state index in [2.05, 4.69) is 182 Å². The largest absolute Gasteiger partial charge is 0.456 e. The SMILES string of the molecule is c1ccc2cc(-c3c4cccc(-c5cccc6ccc7oc8ccccc8c7c56)c4cc4c(-c5cccc6ccc7oc8ccccc8c7c56)cccc34)ccc2c1. The fraction of sp³-hybridized carbons (Fsp3) is 0. The van der Waals surface area contributed by atoms with E-state index in [1.54, 1.807) is 0 Å². The van der Waals surface area contributed by atoms with Crippen molar-refractivity contribution in [2.45, 2.75) is 0 Å². The number of fused-ring (bicyclic) bond motifs is 13. The summed E-state index contributed by atoms with van der Waals surface area (Å²) in [5.41, 5.74) is 10.8. The first-order valence-electron chi connectivity index (χ1n) is 19.9. The molecule has 0 aliphatic rings. The van der Waals surface area contributed by atoms with E-state index in [9.17, 15) is 0 Å². The van der Waals surface area contributed by atoms with Gasteiger partial charge in [-0.05, 0) is 113 Å². The first kappa shape index (κ1) is 31.5. The molecule has 2 heterocycles. The van der Waals surface area contributed by atoms with Crippen LogP contribution in [-0.4, -0.2) is 0 Å². The van der Waals surface area contributed by atoms with E-state index in [1.807, 2.05) is 12.1 Å². The molecular formula is C56H32O2. The Hall–Kier alpha value is -7.68. The molecule has 2 aromatic heterocycles. The summed E-state index contributed by atoms with van der Waals surface area (Å²) >= 11 is 0. The van der Waals surface area contributed by atoms with Gasteiger partial charge in [-0.15, -0.1) is 0 Å². The molecule has 0 radical (unpaired) electrons. The molecule has 11 aromatic carbocycles. The monoisotopic (exact) mass is 736 g/mol. The van der Waals surface area contributed by atoms with Crippen LogP contribution in [0, 0.1) is 0 Å². The van der Waals surface area contributed by atoms with Crippen molar-refractivity contribution in [2.75, 3.05) is 0 Å². The fourth-order valence-electron chi connectivity index (χ4n) is 9.93. The number of hydrogen-bond donors (Lipinski definition) is 0. The highest BCUT2D eigenvalue weighted by atomic mass is 16.3. The van der Waals surface area contributed by atoms with Gasteiger partial charge in [-0.3, -0.25) is 0 Å². The van der Waals surface area contributed by atoms with Crippen molar-refractivity contribution in [1.29, 1.82) is 0 Å². The summed E-state index contributed by atoms with van der Waals surface area (Å²) in [5, 5.41) is 16.7. The Morgan fingerprint density at radius 1 is 0.241 bits per heavy atom. The van der Waals surface area contributed by atoms with Crippen LogP contribution in [0.25, 0.3) is 131 Å². The predicted octanol–water partition coefficient (Wildman–Crippen LogP) is 16.3. The number of para-hydroxylation sites is 2. The van der Waals surface area contributed by atoms with Crippen LogP contribution < -0.4 is 0 Å². The molecule has 58 heavy (non-hydrogen) atoms. The summed E-state index contributed by atoms with van der Waals surface area (Å²) in [7, 11) is 0. The molecule has 0 saturated heterocycles. The number of rotatable bonds is 3. The minimum Gasteiger partial charge on any atom is -0.456 e. The van der Waals surface area contributed by atoms with E-state index >= 15 is 0 Å². The summed E-state index contributed by atoms with van der Waals surface area (Å²) in [6, 6.07) is 70.6. The van der Waals surface area contributed by atoms with Crippen molar-refractivity contribution >= 4 is 97.7 Å². The van der Waals surface area contributed by atoms with Crippen LogP contribution in [0.2, 0.25) is 0 Å². The number of furan rings is 2. The van der Waals surface area contributed by atoms with E-state index in [-0.39, 0.29) is 0 Å². The lowest BCUT2D eigenvalue weighted by Crippen LogP contribution is -1.92. The Balaban J connectivity index is 1.19. The van der Waals surface area contributed by atoms with E-state index in [0.717, 1.165) is 43.9 Å². The van der Waals surface area contributed by atoms with E-state index in [4.69, 9.17) is 8.83 Å². The van der Waals surface area contributed by atoms with E-state index in [0.29, 0.717) is 0 Å². The van der Waals surface area contributed by atoms with Crippen molar-refractivity contribution in [3.63, 3.8) is 0 Å². The zero-order chi connectivity index (χ0) is 37.9. The van der Waals surface area contributed by atoms with Crippen molar-refractivity contribution in [3.8, 4) is 33.4 Å². The van der Waals surface area contributed by atoms with Gasteiger partial charge in [0, 0.05) is 32.3 Å². The second-order valence-electron chi connectivity index (χ2n) is 15.5. The van der Waals surface area contributed by atoms with Crippen LogP contribution in [0.1, 0.15) is 0 Å². The van der Waals surface area contributed by atoms with Gasteiger partial charge in [-0.1, -0.05) is 158 Å². The summed E-state index contributed by atoms with van der Waals surface area (Å²) in [5.74, 6) is 0. The van der Waals surface area contributed by atoms with Crippen LogP contribution in [0.5, 0.6) is 0 Å². The maximum Gasteiger partial charge on any atom is 0.136 e. The van der Waals surface area contributed by atoms with Gasteiger partial charge in [0.25, 0.3) is 0 Å². The molecule has 0 fully saturated rings. The Labute approximate surface area is 332 Å². The summed E-state index contributed by atoms with van der Waals surface area (Å²) in [4.78, 5) is 0. The normalized spacial score (nSPS) is 12.1. The molecule has 0 aliphatic heterocycles. The van der Waals surface area contributed by atoms with Crippen molar-refractivity contribution in [2.24, 2.45) is 0 Å². The molecule has 0 N–H and O–H groups in total. The molecule has 0 atom stereocenters. The van der Waals surface area contributed by atoms with Gasteiger partial charge in [0.1, 0.15) is 22.3 Å². The predicted molar refractivity (Wildman–Crippen MR) is 245 cm³/mol. The topological polar surface area (TPSA) is 26.3 Å². The Kier molecular flexibility index (Phi) is 6.47. The highest BCUT2D eigenvalue weighted by Crippen LogP contribution is 2.48. The average molecular weight is 737 g/mol. The van der Waals surface area contributed by atoms with E-state index < -0.39 is 0 Å². The van der Waals surface area contributed by atoms with Crippen LogP contribution in [0.4, 0.5) is 0 Å². The van der Waals surface area contributed by atoms with Gasteiger partial charge in [0.2, 0.25) is 0 Å². The molecule has 0 amide bonds. The Morgan fingerprint density at radius 3 is 1.28 bits per heavy atom. The summed E-state index contributed by atoms with van der Waals surface area (Å²) < 4.78 is 12.9. The lowest BCUT2D eigenvalue weighted by atomic mass is 9.84. The van der Waals surface area contributed by atoms with Crippen LogP contribution in [0.15, 0.2) is 203 Å². The quantitative estimate of drug-likeness (QED) is 0.169. The number of benzene rings is 11. The minimum atomic E-state index is 0.903. The molecule has 0 saturated carbocycles. The minimum absolute atomic E-state index is 0.903. The molecule has 13 rings (SSSR count). The molecule has 0 aliphatic carbocycles. The van der Waals surface area contributed by atoms with Gasteiger partial charge in [-0.25, -0.2) is 0 Å². The Bertz CT molecular complexity index is 3650. The maximum atomic E-state index is 6.45. The van der Waals surface area contributed by atoms with Crippen molar-refractivity contribution in [1.82, 2.24) is 0 Å². The highest BCUT2D eigenvalue weighted by Gasteiger charge is 2.21. The van der Waals surface area contributed by atoms with Crippen LogP contribution in [-0.2, 0) is 0 Å². The standard InChI is InChI=1S/C56H32O2/c1-2-12-36-31-37(26-25-33(36)11-1)52-42-21-9-17-38(40-19-7-13-34-27-29-50-55(53(34)40)44-15-3-5-23-48(44)57-50)46(42)32-47-39(18-10-22-43(47)52)41-20-8-14-35-28-30-51-56(54(35)41)45-16-4-6-24-49(45)58-51/h1-32H. The van der Waals surface area contributed by atoms with Gasteiger partial charge in [0.05, 0.1) is 0 Å². The first-order valence-corrected chi connectivity index (χ1v) is 19.9. The first-order chi connectivity index (χ1) is 28.8. The third-order valence-corrected chi connectivity index (χ3v) is 12.4. The average Bonchev–Trinajstić information content (AvgIpc) is 3.86. The molecule has 0 spiro atoms. The van der Waals surface area contributed by atoms with Crippen LogP contribution >= 0.6 is 0 Å². The lowest BCUT2D eigenvalue weighted by Gasteiger charge is -2.19. The van der Waals surface area contributed by atoms with Gasteiger partial charge < -0.3 is 8.83 Å². The molecule has 13 aromatic rings. The van der Waals surface area contributed by atoms with E-state index in [1.165, 1.54) is 87.2 Å². The molecule has 2 heteroatoms. The smallest absolute Gasteiger partial charge is 0.136 e. The summed E-state index contributed by atoms with van der Waals surface area (Å²) in [6.07, 6.45) is 0. The molecule has 0 bridgehead atoms. The lowest BCUT2D eigenvalue weighted by molar-refractivity contribution is 0.669. The van der Waals surface area contributed by atoms with Gasteiger partial charge in [0.15, 0.2) is 0 Å². The van der Waals surface area contributed by atoms with Crippen molar-refractivity contribution in [3.05, 3.63) is 194 Å². The molecule has 2 nitrogen and oxygen atoms in total. The molecule has 268 valence electrons. The Morgan fingerprint density at radius 2 is 0.690 bits per heavy atom. The second-order valence-corrected chi connectivity index (χ2v) is 15.5. The van der Waals surface area contributed by atoms with Crippen LogP contribution in [0.3, 0.4) is 0 Å². The maximum absolute atomic E-state index is 6.45. The zero-order valence-corrected chi connectivity index (χ0v) is 31.3. The molecule has 0 unspecified atom stereocenters. The van der Waals surface area contributed by atoms with Crippen molar-refractivity contribution < 1.29 is 8.83 Å².